The van der Waals surface area contributed by atoms with Crippen molar-refractivity contribution in [3.8, 4) is 0 Å². The molecule has 0 fully saturated rings. The van der Waals surface area contributed by atoms with Crippen LogP contribution < -0.4 is 5.32 Å². The second-order valence-corrected chi connectivity index (χ2v) is 8.66. The maximum Gasteiger partial charge on any atom is 0.236 e. The Bertz CT molecular complexity index is 1200. The summed E-state index contributed by atoms with van der Waals surface area (Å²) in [6.07, 6.45) is 0.805. The van der Waals surface area contributed by atoms with E-state index in [0.717, 1.165) is 33.5 Å². The van der Waals surface area contributed by atoms with E-state index in [0.29, 0.717) is 10.3 Å². The highest BCUT2D eigenvalue weighted by Gasteiger charge is 2.15. The third kappa shape index (κ3) is 3.47. The molecule has 3 heterocycles. The first-order chi connectivity index (χ1) is 13.5. The van der Waals surface area contributed by atoms with Gasteiger partial charge in [0.1, 0.15) is 5.01 Å². The average Bonchev–Trinajstić information content (AvgIpc) is 3.29. The van der Waals surface area contributed by atoms with Crippen LogP contribution >= 0.6 is 23.1 Å². The van der Waals surface area contributed by atoms with Crippen LogP contribution in [0.4, 0.5) is 5.13 Å². The fraction of sp³-hybridized carbons (Fsp3) is 0.316. The zero-order valence-electron chi connectivity index (χ0n) is 16.1. The third-order valence-electron chi connectivity index (χ3n) is 4.59. The Morgan fingerprint density at radius 3 is 2.57 bits per heavy atom. The van der Waals surface area contributed by atoms with Gasteiger partial charge < -0.3 is 0 Å². The lowest BCUT2D eigenvalue weighted by atomic mass is 10.0. The van der Waals surface area contributed by atoms with Crippen LogP contribution in [0.2, 0.25) is 0 Å². The van der Waals surface area contributed by atoms with Crippen LogP contribution in [-0.4, -0.2) is 36.5 Å². The number of amides is 1. The van der Waals surface area contributed by atoms with Crippen molar-refractivity contribution < 1.29 is 4.79 Å². The van der Waals surface area contributed by atoms with Crippen molar-refractivity contribution in [2.75, 3.05) is 11.1 Å². The molecule has 0 unspecified atom stereocenters. The van der Waals surface area contributed by atoms with E-state index in [4.69, 9.17) is 0 Å². The average molecular weight is 413 g/mol. The Morgan fingerprint density at radius 2 is 1.82 bits per heavy atom. The highest BCUT2D eigenvalue weighted by atomic mass is 32.2. The molecular weight excluding hydrogens is 392 g/mol. The lowest BCUT2D eigenvalue weighted by Gasteiger charge is -2.09. The van der Waals surface area contributed by atoms with Crippen molar-refractivity contribution in [1.82, 2.24) is 24.8 Å². The lowest BCUT2D eigenvalue weighted by Crippen LogP contribution is -2.14. The number of pyridine rings is 1. The third-order valence-corrected chi connectivity index (χ3v) is 6.50. The van der Waals surface area contributed by atoms with Crippen molar-refractivity contribution in [2.24, 2.45) is 0 Å². The number of carbonyl (C=O) groups excluding carboxylic acids is 1. The Labute approximate surface area is 170 Å². The lowest BCUT2D eigenvalue weighted by molar-refractivity contribution is -0.113. The van der Waals surface area contributed by atoms with Gasteiger partial charge in [0.2, 0.25) is 11.0 Å². The first-order valence-electron chi connectivity index (χ1n) is 8.97. The van der Waals surface area contributed by atoms with Crippen molar-refractivity contribution >= 4 is 50.7 Å². The number of benzene rings is 1. The van der Waals surface area contributed by atoms with Gasteiger partial charge in [-0.3, -0.25) is 14.5 Å². The van der Waals surface area contributed by atoms with Crippen molar-refractivity contribution in [3.63, 3.8) is 0 Å². The van der Waals surface area contributed by atoms with Gasteiger partial charge >= 0.3 is 0 Å². The van der Waals surface area contributed by atoms with Gasteiger partial charge in [-0.15, -0.1) is 20.4 Å². The molecule has 144 valence electrons. The highest BCUT2D eigenvalue weighted by Crippen LogP contribution is 2.27. The molecule has 0 saturated heterocycles. The topological polar surface area (TPSA) is 85.1 Å². The molecule has 0 radical (unpaired) electrons. The van der Waals surface area contributed by atoms with Crippen LogP contribution in [-0.2, 0) is 11.2 Å². The van der Waals surface area contributed by atoms with Gasteiger partial charge in [-0.25, -0.2) is 0 Å². The zero-order valence-corrected chi connectivity index (χ0v) is 17.7. The fourth-order valence-electron chi connectivity index (χ4n) is 3.00. The van der Waals surface area contributed by atoms with Crippen LogP contribution in [0.3, 0.4) is 0 Å². The van der Waals surface area contributed by atoms with Crippen LogP contribution in [0, 0.1) is 20.8 Å². The number of thioether (sulfide) groups is 1. The molecule has 0 saturated carbocycles. The maximum atomic E-state index is 12.3. The molecule has 0 aliphatic carbocycles. The number of anilines is 1. The van der Waals surface area contributed by atoms with E-state index in [1.54, 1.807) is 0 Å². The van der Waals surface area contributed by atoms with E-state index in [-0.39, 0.29) is 11.7 Å². The van der Waals surface area contributed by atoms with E-state index < -0.39 is 0 Å². The summed E-state index contributed by atoms with van der Waals surface area (Å²) in [5.74, 6) is 0.0896. The molecule has 0 spiro atoms. The summed E-state index contributed by atoms with van der Waals surface area (Å²) in [6.45, 7) is 8.24. The molecule has 1 N–H and O–H groups in total. The highest BCUT2D eigenvalue weighted by molar-refractivity contribution is 7.99. The number of hydrogen-bond acceptors (Lipinski definition) is 7. The quantitative estimate of drug-likeness (QED) is 0.500. The number of aryl methyl sites for hydroxylation is 4. The minimum absolute atomic E-state index is 0.135. The minimum Gasteiger partial charge on any atom is -0.300 e. The predicted octanol–water partition coefficient (Wildman–Crippen LogP) is 3.95. The molecule has 1 aromatic carbocycles. The summed E-state index contributed by atoms with van der Waals surface area (Å²) in [6, 6.07) is 6.46. The normalized spacial score (nSPS) is 11.4. The molecule has 0 bridgehead atoms. The van der Waals surface area contributed by atoms with Crippen LogP contribution in [0.25, 0.3) is 16.6 Å². The van der Waals surface area contributed by atoms with Crippen molar-refractivity contribution in [3.05, 3.63) is 39.9 Å². The summed E-state index contributed by atoms with van der Waals surface area (Å²) < 4.78 is 2.04. The Balaban J connectivity index is 1.61. The summed E-state index contributed by atoms with van der Waals surface area (Å²) in [7, 11) is 0. The van der Waals surface area contributed by atoms with Gasteiger partial charge in [-0.05, 0) is 67.5 Å². The van der Waals surface area contributed by atoms with Gasteiger partial charge in [0.25, 0.3) is 0 Å². The number of nitrogens with one attached hydrogen (secondary N) is 1. The maximum absolute atomic E-state index is 12.3. The van der Waals surface area contributed by atoms with Gasteiger partial charge in [-0.1, -0.05) is 30.0 Å². The van der Waals surface area contributed by atoms with E-state index in [1.807, 2.05) is 18.2 Å². The standard InChI is InChI=1S/C19H20N6OS2/c1-5-16-21-23-18(28-16)20-15(26)9-27-19-24-22-17-12(4)7-13-6-10(2)11(3)8-14(13)25(17)19/h6-8H,5,9H2,1-4H3,(H,20,23,26). The monoisotopic (exact) mass is 412 g/mol. The largest absolute Gasteiger partial charge is 0.300 e. The number of aromatic nitrogens is 5. The molecule has 7 nitrogen and oxygen atoms in total. The molecule has 0 atom stereocenters. The molecule has 3 aromatic heterocycles. The summed E-state index contributed by atoms with van der Waals surface area (Å²) in [5, 5.41) is 22.7. The van der Waals surface area contributed by atoms with Gasteiger partial charge in [-0.2, -0.15) is 0 Å². The molecule has 0 aliphatic rings. The number of fused-ring (bicyclic) bond motifs is 3. The van der Waals surface area contributed by atoms with E-state index in [9.17, 15) is 4.79 Å². The van der Waals surface area contributed by atoms with Crippen molar-refractivity contribution in [1.29, 1.82) is 0 Å². The van der Waals surface area contributed by atoms with E-state index >= 15 is 0 Å². The van der Waals surface area contributed by atoms with Gasteiger partial charge in [0, 0.05) is 0 Å². The second-order valence-electron chi connectivity index (χ2n) is 6.66. The van der Waals surface area contributed by atoms with Crippen LogP contribution in [0.1, 0.15) is 28.6 Å². The molecule has 28 heavy (non-hydrogen) atoms. The Kier molecular flexibility index (Phi) is 5.03. The first-order valence-corrected chi connectivity index (χ1v) is 10.8. The van der Waals surface area contributed by atoms with E-state index in [1.165, 1.54) is 34.2 Å². The van der Waals surface area contributed by atoms with Gasteiger partial charge in [0.15, 0.2) is 10.8 Å². The summed E-state index contributed by atoms with van der Waals surface area (Å²) in [4.78, 5) is 12.3. The molecule has 9 heteroatoms. The van der Waals surface area contributed by atoms with Crippen LogP contribution in [0.5, 0.6) is 0 Å². The molecule has 4 aromatic rings. The number of nitrogens with zero attached hydrogens (tertiary/aromatic N) is 5. The number of rotatable bonds is 5. The zero-order chi connectivity index (χ0) is 19.8. The Morgan fingerprint density at radius 1 is 1.07 bits per heavy atom. The fourth-order valence-corrected chi connectivity index (χ4v) is 4.44. The predicted molar refractivity (Wildman–Crippen MR) is 113 cm³/mol. The van der Waals surface area contributed by atoms with Crippen molar-refractivity contribution in [2.45, 2.75) is 39.3 Å². The molecular formula is C19H20N6OS2. The van der Waals surface area contributed by atoms with Gasteiger partial charge in [0.05, 0.1) is 11.3 Å². The Hall–Kier alpha value is -2.52. The second kappa shape index (κ2) is 7.48. The van der Waals surface area contributed by atoms with E-state index in [2.05, 4.69) is 57.8 Å². The summed E-state index contributed by atoms with van der Waals surface area (Å²) >= 11 is 2.76. The smallest absolute Gasteiger partial charge is 0.236 e. The summed E-state index contributed by atoms with van der Waals surface area (Å²) in [5.41, 5.74) is 5.38. The number of carbonyl (C=O) groups is 1. The SMILES string of the molecule is CCc1nnc(NC(=O)CSc2nnc3c(C)cc4cc(C)c(C)cc4n23)s1. The number of hydrogen-bond donors (Lipinski definition) is 1. The molecule has 4 rings (SSSR count). The molecule has 0 aliphatic heterocycles. The molecule has 1 amide bonds. The van der Waals surface area contributed by atoms with Crippen LogP contribution in [0.15, 0.2) is 23.4 Å². The first kappa shape index (κ1) is 18.8. The minimum atomic E-state index is -0.135.